The summed E-state index contributed by atoms with van der Waals surface area (Å²) in [5.74, 6) is 0.156. The van der Waals surface area contributed by atoms with Gasteiger partial charge in [0.1, 0.15) is 16.5 Å². The summed E-state index contributed by atoms with van der Waals surface area (Å²) in [5, 5.41) is 12.5. The van der Waals surface area contributed by atoms with Crippen molar-refractivity contribution in [3.63, 3.8) is 0 Å². The molecule has 168 valence electrons. The quantitative estimate of drug-likeness (QED) is 0.515. The first-order chi connectivity index (χ1) is 14.7. The van der Waals surface area contributed by atoms with E-state index in [4.69, 9.17) is 4.74 Å². The summed E-state index contributed by atoms with van der Waals surface area (Å²) < 4.78 is 19.9. The number of thiophene rings is 1. The van der Waals surface area contributed by atoms with Crippen LogP contribution in [0.4, 0.5) is 4.39 Å². The zero-order valence-electron chi connectivity index (χ0n) is 18.4. The van der Waals surface area contributed by atoms with Crippen LogP contribution in [0.5, 0.6) is 0 Å². The summed E-state index contributed by atoms with van der Waals surface area (Å²) in [6.07, 6.45) is 0.256. The van der Waals surface area contributed by atoms with Crippen LogP contribution in [-0.4, -0.2) is 51.4 Å². The standard InChI is InChI=1S/C23H30FN3O3S/c1-5-10-27(11-15(28)13-30-23(2,3)4)12-19-25-21(29)20-17(14-31-22(20)26-19)16-8-6-7-9-18(16)24/h6-9,14-15,28H,5,10-13H2,1-4H3,(H,25,26,29). The molecule has 2 N–H and O–H groups in total. The molecule has 0 bridgehead atoms. The fourth-order valence-corrected chi connectivity index (χ4v) is 4.36. The molecule has 2 heterocycles. The van der Waals surface area contributed by atoms with Gasteiger partial charge in [0.25, 0.3) is 5.56 Å². The Balaban J connectivity index is 1.80. The normalized spacial score (nSPS) is 13.3. The summed E-state index contributed by atoms with van der Waals surface area (Å²) in [4.78, 5) is 22.9. The lowest BCUT2D eigenvalue weighted by Gasteiger charge is -2.26. The number of aromatic nitrogens is 2. The second-order valence-electron chi connectivity index (χ2n) is 8.63. The van der Waals surface area contributed by atoms with Crippen LogP contribution < -0.4 is 5.56 Å². The maximum Gasteiger partial charge on any atom is 0.260 e. The number of hydrogen-bond donors (Lipinski definition) is 2. The maximum absolute atomic E-state index is 14.2. The second kappa shape index (κ2) is 9.99. The number of aliphatic hydroxyl groups excluding tert-OH is 1. The first kappa shape index (κ1) is 23.5. The minimum Gasteiger partial charge on any atom is -0.389 e. The van der Waals surface area contributed by atoms with E-state index in [1.54, 1.807) is 23.6 Å². The lowest BCUT2D eigenvalue weighted by atomic mass is 10.1. The molecular weight excluding hydrogens is 417 g/mol. The van der Waals surface area contributed by atoms with Gasteiger partial charge in [0, 0.05) is 23.1 Å². The van der Waals surface area contributed by atoms with Crippen LogP contribution in [0, 0.1) is 5.82 Å². The molecule has 3 rings (SSSR count). The Morgan fingerprint density at radius 3 is 2.71 bits per heavy atom. The van der Waals surface area contributed by atoms with Gasteiger partial charge in [-0.3, -0.25) is 9.69 Å². The molecular formula is C23H30FN3O3S. The average Bonchev–Trinajstić information content (AvgIpc) is 3.11. The minimum absolute atomic E-state index is 0.240. The smallest absolute Gasteiger partial charge is 0.260 e. The van der Waals surface area contributed by atoms with E-state index in [0.29, 0.717) is 40.3 Å². The van der Waals surface area contributed by atoms with Gasteiger partial charge in [0.15, 0.2) is 0 Å². The van der Waals surface area contributed by atoms with Gasteiger partial charge in [-0.15, -0.1) is 11.3 Å². The number of rotatable bonds is 9. The molecule has 0 saturated heterocycles. The van der Waals surface area contributed by atoms with Gasteiger partial charge in [-0.05, 0) is 39.8 Å². The molecule has 3 aromatic rings. The maximum atomic E-state index is 14.2. The topological polar surface area (TPSA) is 78.5 Å². The summed E-state index contributed by atoms with van der Waals surface area (Å²) in [6.45, 7) is 9.71. The number of benzene rings is 1. The molecule has 1 unspecified atom stereocenters. The molecule has 0 aliphatic carbocycles. The van der Waals surface area contributed by atoms with Gasteiger partial charge in [-0.2, -0.15) is 0 Å². The highest BCUT2D eigenvalue weighted by atomic mass is 32.1. The van der Waals surface area contributed by atoms with E-state index in [2.05, 4.69) is 16.9 Å². The lowest BCUT2D eigenvalue weighted by molar-refractivity contribution is -0.0568. The molecule has 0 aliphatic heterocycles. The summed E-state index contributed by atoms with van der Waals surface area (Å²) in [6, 6.07) is 6.41. The Morgan fingerprint density at radius 1 is 1.29 bits per heavy atom. The number of aliphatic hydroxyl groups is 1. The van der Waals surface area contributed by atoms with Crippen molar-refractivity contribution >= 4 is 21.6 Å². The number of nitrogens with zero attached hydrogens (tertiary/aromatic N) is 2. The van der Waals surface area contributed by atoms with Crippen molar-refractivity contribution in [2.24, 2.45) is 0 Å². The van der Waals surface area contributed by atoms with E-state index >= 15 is 0 Å². The van der Waals surface area contributed by atoms with Gasteiger partial charge in [-0.25, -0.2) is 9.37 Å². The highest BCUT2D eigenvalue weighted by Crippen LogP contribution is 2.32. The zero-order valence-corrected chi connectivity index (χ0v) is 19.3. The van der Waals surface area contributed by atoms with Crippen LogP contribution in [0.15, 0.2) is 34.4 Å². The monoisotopic (exact) mass is 447 g/mol. The molecule has 0 amide bonds. The molecule has 0 fully saturated rings. The fourth-order valence-electron chi connectivity index (χ4n) is 3.41. The number of halogens is 1. The van der Waals surface area contributed by atoms with Crippen LogP contribution in [0.1, 0.15) is 39.9 Å². The molecule has 0 spiro atoms. The van der Waals surface area contributed by atoms with Crippen LogP contribution in [0.3, 0.4) is 0 Å². The Bertz CT molecular complexity index is 1070. The molecule has 1 aromatic carbocycles. The van der Waals surface area contributed by atoms with E-state index in [9.17, 15) is 14.3 Å². The summed E-state index contributed by atoms with van der Waals surface area (Å²) in [5.41, 5.74) is 0.346. The highest BCUT2D eigenvalue weighted by molar-refractivity contribution is 7.17. The van der Waals surface area contributed by atoms with E-state index in [0.717, 1.165) is 13.0 Å². The molecule has 1 atom stereocenters. The van der Waals surface area contributed by atoms with Crippen molar-refractivity contribution < 1.29 is 14.2 Å². The third kappa shape index (κ3) is 6.20. The lowest BCUT2D eigenvalue weighted by Crippen LogP contribution is -2.37. The molecule has 6 nitrogen and oxygen atoms in total. The van der Waals surface area contributed by atoms with Gasteiger partial charge in [-0.1, -0.05) is 25.1 Å². The minimum atomic E-state index is -0.643. The Hall–Kier alpha value is -2.13. The number of nitrogens with one attached hydrogen (secondary N) is 1. The Morgan fingerprint density at radius 2 is 2.03 bits per heavy atom. The van der Waals surface area contributed by atoms with E-state index in [-0.39, 0.29) is 23.6 Å². The van der Waals surface area contributed by atoms with Crippen molar-refractivity contribution in [2.45, 2.75) is 52.4 Å². The largest absolute Gasteiger partial charge is 0.389 e. The molecule has 0 radical (unpaired) electrons. The zero-order chi connectivity index (χ0) is 22.6. The van der Waals surface area contributed by atoms with Gasteiger partial charge >= 0.3 is 0 Å². The first-order valence-corrected chi connectivity index (χ1v) is 11.4. The van der Waals surface area contributed by atoms with Crippen molar-refractivity contribution in [1.29, 1.82) is 0 Å². The Labute approximate surface area is 185 Å². The van der Waals surface area contributed by atoms with Crippen LogP contribution in [-0.2, 0) is 11.3 Å². The molecule has 2 aromatic heterocycles. The van der Waals surface area contributed by atoms with E-state index in [1.165, 1.54) is 17.4 Å². The molecule has 8 heteroatoms. The molecule has 31 heavy (non-hydrogen) atoms. The predicted molar refractivity (Wildman–Crippen MR) is 123 cm³/mol. The molecule has 0 aliphatic rings. The van der Waals surface area contributed by atoms with Crippen LogP contribution >= 0.6 is 11.3 Å². The van der Waals surface area contributed by atoms with Gasteiger partial charge in [0.2, 0.25) is 0 Å². The number of ether oxygens (including phenoxy) is 1. The van der Waals surface area contributed by atoms with Gasteiger partial charge < -0.3 is 14.8 Å². The highest BCUT2D eigenvalue weighted by Gasteiger charge is 2.19. The van der Waals surface area contributed by atoms with Crippen LogP contribution in [0.2, 0.25) is 0 Å². The summed E-state index contributed by atoms with van der Waals surface area (Å²) >= 11 is 1.33. The van der Waals surface area contributed by atoms with Crippen molar-refractivity contribution in [1.82, 2.24) is 14.9 Å². The number of hydrogen-bond acceptors (Lipinski definition) is 6. The van der Waals surface area contributed by atoms with Crippen molar-refractivity contribution in [3.05, 3.63) is 51.6 Å². The van der Waals surface area contributed by atoms with Gasteiger partial charge in [0.05, 0.1) is 30.2 Å². The third-order valence-electron chi connectivity index (χ3n) is 4.75. The van der Waals surface area contributed by atoms with Crippen molar-refractivity contribution in [2.75, 3.05) is 19.7 Å². The average molecular weight is 448 g/mol. The fraction of sp³-hybridized carbons (Fsp3) is 0.478. The number of aromatic amines is 1. The number of H-pyrrole nitrogens is 1. The predicted octanol–water partition coefficient (Wildman–Crippen LogP) is 4.18. The Kier molecular flexibility index (Phi) is 7.59. The van der Waals surface area contributed by atoms with Crippen LogP contribution in [0.25, 0.3) is 21.3 Å². The first-order valence-electron chi connectivity index (χ1n) is 10.5. The van der Waals surface area contributed by atoms with Crippen molar-refractivity contribution in [3.8, 4) is 11.1 Å². The van der Waals surface area contributed by atoms with E-state index in [1.807, 2.05) is 25.7 Å². The third-order valence-corrected chi connectivity index (χ3v) is 5.62. The SMILES string of the molecule is CCCN(Cc1nc2scc(-c3ccccc3F)c2c(=O)[nH]1)CC(O)COC(C)(C)C. The summed E-state index contributed by atoms with van der Waals surface area (Å²) in [7, 11) is 0. The molecule has 0 saturated carbocycles. The van der Waals surface area contributed by atoms with E-state index < -0.39 is 6.10 Å². The number of fused-ring (bicyclic) bond motifs is 1. The second-order valence-corrected chi connectivity index (χ2v) is 9.49.